The van der Waals surface area contributed by atoms with Crippen molar-refractivity contribution in [2.24, 2.45) is 0 Å². The first kappa shape index (κ1) is 17.4. The number of hydrogen-bond donors (Lipinski definition) is 0. The summed E-state index contributed by atoms with van der Waals surface area (Å²) in [4.78, 5) is 25.5. The SMILES string of the molecule is CCOC(C)C(=O)N1CCN(c2ccnc(-c3ccccc3)n2)CC1. The molecular formula is C19H24N4O2. The Bertz CT molecular complexity index is 700. The second-order valence-electron chi connectivity index (χ2n) is 6.01. The topological polar surface area (TPSA) is 58.6 Å². The number of carbonyl (C=O) groups excluding carboxylic acids is 1. The molecule has 1 fully saturated rings. The van der Waals surface area contributed by atoms with Crippen LogP contribution in [0.15, 0.2) is 42.6 Å². The van der Waals surface area contributed by atoms with Gasteiger partial charge in [0.1, 0.15) is 11.9 Å². The predicted octanol–water partition coefficient (Wildman–Crippen LogP) is 2.22. The summed E-state index contributed by atoms with van der Waals surface area (Å²) < 4.78 is 5.41. The largest absolute Gasteiger partial charge is 0.369 e. The summed E-state index contributed by atoms with van der Waals surface area (Å²) in [6, 6.07) is 11.9. The number of nitrogens with zero attached hydrogens (tertiary/aromatic N) is 4. The Hall–Kier alpha value is -2.47. The standard InChI is InChI=1S/C19H24N4O2/c1-3-25-15(2)19(24)23-13-11-22(12-14-23)17-9-10-20-18(21-17)16-7-5-4-6-8-16/h4-10,15H,3,11-14H2,1-2H3. The van der Waals surface area contributed by atoms with Gasteiger partial charge in [0.25, 0.3) is 5.91 Å². The Morgan fingerprint density at radius 2 is 1.88 bits per heavy atom. The molecule has 1 aromatic carbocycles. The van der Waals surface area contributed by atoms with E-state index < -0.39 is 0 Å². The molecule has 0 radical (unpaired) electrons. The Labute approximate surface area is 148 Å². The number of rotatable bonds is 5. The molecule has 25 heavy (non-hydrogen) atoms. The van der Waals surface area contributed by atoms with E-state index in [1.54, 1.807) is 6.20 Å². The zero-order valence-corrected chi connectivity index (χ0v) is 14.8. The van der Waals surface area contributed by atoms with Crippen LogP contribution in [-0.4, -0.2) is 59.7 Å². The third kappa shape index (κ3) is 4.14. The Kier molecular flexibility index (Phi) is 5.60. The van der Waals surface area contributed by atoms with Crippen LogP contribution >= 0.6 is 0 Å². The molecule has 1 aliphatic rings. The van der Waals surface area contributed by atoms with Gasteiger partial charge in [-0.2, -0.15) is 0 Å². The van der Waals surface area contributed by atoms with Gasteiger partial charge in [0, 0.05) is 44.5 Å². The van der Waals surface area contributed by atoms with Gasteiger partial charge in [-0.05, 0) is 19.9 Å². The second kappa shape index (κ2) is 8.07. The quantitative estimate of drug-likeness (QED) is 0.835. The van der Waals surface area contributed by atoms with Crippen molar-refractivity contribution in [1.29, 1.82) is 0 Å². The fourth-order valence-corrected chi connectivity index (χ4v) is 2.99. The number of anilines is 1. The minimum absolute atomic E-state index is 0.0640. The molecule has 3 rings (SSSR count). The van der Waals surface area contributed by atoms with Crippen LogP contribution in [0.25, 0.3) is 11.4 Å². The first-order chi connectivity index (χ1) is 12.2. The van der Waals surface area contributed by atoms with E-state index in [4.69, 9.17) is 4.74 Å². The number of aromatic nitrogens is 2. The van der Waals surface area contributed by atoms with Gasteiger partial charge in [0.15, 0.2) is 5.82 Å². The molecule has 0 bridgehead atoms. The van der Waals surface area contributed by atoms with Crippen molar-refractivity contribution in [1.82, 2.24) is 14.9 Å². The lowest BCUT2D eigenvalue weighted by Gasteiger charge is -2.36. The molecule has 0 N–H and O–H groups in total. The molecule has 0 spiro atoms. The van der Waals surface area contributed by atoms with Crippen LogP contribution in [0, 0.1) is 0 Å². The molecule has 0 aliphatic carbocycles. The average Bonchev–Trinajstić information content (AvgIpc) is 2.68. The lowest BCUT2D eigenvalue weighted by atomic mass is 10.2. The normalized spacial score (nSPS) is 15.9. The molecule has 2 heterocycles. The minimum atomic E-state index is -0.375. The third-order valence-corrected chi connectivity index (χ3v) is 4.35. The Balaban J connectivity index is 1.64. The van der Waals surface area contributed by atoms with Crippen LogP contribution in [0.4, 0.5) is 5.82 Å². The fourth-order valence-electron chi connectivity index (χ4n) is 2.99. The summed E-state index contributed by atoms with van der Waals surface area (Å²) in [5, 5.41) is 0. The van der Waals surface area contributed by atoms with Crippen molar-refractivity contribution in [3.8, 4) is 11.4 Å². The smallest absolute Gasteiger partial charge is 0.251 e. The monoisotopic (exact) mass is 340 g/mol. The molecule has 132 valence electrons. The van der Waals surface area contributed by atoms with Crippen LogP contribution in [0.2, 0.25) is 0 Å². The number of amides is 1. The second-order valence-corrected chi connectivity index (χ2v) is 6.01. The first-order valence-electron chi connectivity index (χ1n) is 8.73. The summed E-state index contributed by atoms with van der Waals surface area (Å²) in [5.41, 5.74) is 1.00. The van der Waals surface area contributed by atoms with Crippen LogP contribution in [0.5, 0.6) is 0 Å². The van der Waals surface area contributed by atoms with Gasteiger partial charge < -0.3 is 14.5 Å². The van der Waals surface area contributed by atoms with E-state index in [2.05, 4.69) is 14.9 Å². The molecule has 1 saturated heterocycles. The number of ether oxygens (including phenoxy) is 1. The lowest BCUT2D eigenvalue weighted by Crippen LogP contribution is -2.51. The predicted molar refractivity (Wildman–Crippen MR) is 97.3 cm³/mol. The van der Waals surface area contributed by atoms with E-state index >= 15 is 0 Å². The average molecular weight is 340 g/mol. The molecule has 1 unspecified atom stereocenters. The van der Waals surface area contributed by atoms with Gasteiger partial charge in [0.2, 0.25) is 0 Å². The lowest BCUT2D eigenvalue weighted by molar-refractivity contribution is -0.142. The molecule has 1 aromatic heterocycles. The maximum absolute atomic E-state index is 12.3. The summed E-state index contributed by atoms with van der Waals surface area (Å²) >= 11 is 0. The van der Waals surface area contributed by atoms with E-state index in [1.165, 1.54) is 0 Å². The molecule has 1 amide bonds. The van der Waals surface area contributed by atoms with E-state index in [0.29, 0.717) is 19.7 Å². The highest BCUT2D eigenvalue weighted by atomic mass is 16.5. The molecule has 2 aromatic rings. The highest BCUT2D eigenvalue weighted by Gasteiger charge is 2.25. The summed E-state index contributed by atoms with van der Waals surface area (Å²) in [5.74, 6) is 1.69. The van der Waals surface area contributed by atoms with Gasteiger partial charge in [-0.3, -0.25) is 4.79 Å². The summed E-state index contributed by atoms with van der Waals surface area (Å²) in [7, 11) is 0. The number of benzene rings is 1. The number of hydrogen-bond acceptors (Lipinski definition) is 5. The number of carbonyl (C=O) groups is 1. The van der Waals surface area contributed by atoms with Gasteiger partial charge >= 0.3 is 0 Å². The van der Waals surface area contributed by atoms with Crippen LogP contribution < -0.4 is 4.90 Å². The maximum atomic E-state index is 12.3. The fraction of sp³-hybridized carbons (Fsp3) is 0.421. The van der Waals surface area contributed by atoms with Gasteiger partial charge in [0.05, 0.1) is 0 Å². The van der Waals surface area contributed by atoms with Gasteiger partial charge in [-0.1, -0.05) is 30.3 Å². The van der Waals surface area contributed by atoms with Crippen molar-refractivity contribution >= 4 is 11.7 Å². The maximum Gasteiger partial charge on any atom is 0.251 e. The highest BCUT2D eigenvalue weighted by molar-refractivity contribution is 5.80. The molecular weight excluding hydrogens is 316 g/mol. The summed E-state index contributed by atoms with van der Waals surface area (Å²) in [6.07, 6.45) is 1.42. The van der Waals surface area contributed by atoms with E-state index in [0.717, 1.165) is 30.3 Å². The van der Waals surface area contributed by atoms with Crippen molar-refractivity contribution in [3.05, 3.63) is 42.6 Å². The van der Waals surface area contributed by atoms with Crippen LogP contribution in [-0.2, 0) is 9.53 Å². The highest BCUT2D eigenvalue weighted by Crippen LogP contribution is 2.19. The van der Waals surface area contributed by atoms with E-state index in [1.807, 2.05) is 55.1 Å². The Morgan fingerprint density at radius 3 is 2.56 bits per heavy atom. The Morgan fingerprint density at radius 1 is 1.16 bits per heavy atom. The van der Waals surface area contributed by atoms with Gasteiger partial charge in [-0.15, -0.1) is 0 Å². The summed E-state index contributed by atoms with van der Waals surface area (Å²) in [6.45, 7) is 7.15. The van der Waals surface area contributed by atoms with Crippen LogP contribution in [0.3, 0.4) is 0 Å². The van der Waals surface area contributed by atoms with E-state index in [9.17, 15) is 4.79 Å². The van der Waals surface area contributed by atoms with Gasteiger partial charge in [-0.25, -0.2) is 9.97 Å². The molecule has 6 heteroatoms. The molecule has 0 saturated carbocycles. The van der Waals surface area contributed by atoms with Crippen molar-refractivity contribution in [2.75, 3.05) is 37.7 Å². The van der Waals surface area contributed by atoms with Crippen molar-refractivity contribution in [2.45, 2.75) is 20.0 Å². The first-order valence-corrected chi connectivity index (χ1v) is 8.73. The zero-order valence-electron chi connectivity index (χ0n) is 14.8. The molecule has 6 nitrogen and oxygen atoms in total. The van der Waals surface area contributed by atoms with Crippen molar-refractivity contribution in [3.63, 3.8) is 0 Å². The molecule has 1 atom stereocenters. The van der Waals surface area contributed by atoms with E-state index in [-0.39, 0.29) is 12.0 Å². The van der Waals surface area contributed by atoms with Crippen LogP contribution in [0.1, 0.15) is 13.8 Å². The molecule has 1 aliphatic heterocycles. The van der Waals surface area contributed by atoms with Crippen molar-refractivity contribution < 1.29 is 9.53 Å². The zero-order chi connectivity index (χ0) is 17.6. The number of piperazine rings is 1. The minimum Gasteiger partial charge on any atom is -0.369 e. The third-order valence-electron chi connectivity index (χ3n) is 4.35.